The van der Waals surface area contributed by atoms with Crippen LogP contribution < -0.4 is 10.2 Å². The highest BCUT2D eigenvalue weighted by atomic mass is 35.5. The van der Waals surface area contributed by atoms with E-state index in [1.54, 1.807) is 6.92 Å². The smallest absolute Gasteiger partial charge is 0.351 e. The molecular formula is C21H20ClF5N4O3. The quantitative estimate of drug-likeness (QED) is 0.455. The minimum Gasteiger partial charge on any atom is -0.351 e. The zero-order valence-corrected chi connectivity index (χ0v) is 18.7. The molecule has 13 heteroatoms. The Hall–Kier alpha value is -2.86. The summed E-state index contributed by atoms with van der Waals surface area (Å²) in [5.41, 5.74) is -4.71. The molecule has 1 aromatic heterocycles. The van der Waals surface area contributed by atoms with Crippen molar-refractivity contribution in [1.29, 1.82) is 0 Å². The molecule has 1 heterocycles. The topological polar surface area (TPSA) is 84.4 Å². The number of anilines is 1. The van der Waals surface area contributed by atoms with Gasteiger partial charge in [0.1, 0.15) is 12.1 Å². The normalized spacial score (nSPS) is 20.6. The SMILES string of the molecule is Cc1ccc(N(C(=O)[C@H](F)Cl)[C@@](C)(C(=O)NC2CC(OC(F)(F)F)C2)c2cncnc2)c(F)c1. The number of hydrogen-bond acceptors (Lipinski definition) is 5. The number of halogens is 6. The van der Waals surface area contributed by atoms with Crippen LogP contribution in [0, 0.1) is 12.7 Å². The van der Waals surface area contributed by atoms with Gasteiger partial charge < -0.3 is 5.32 Å². The molecule has 2 amide bonds. The van der Waals surface area contributed by atoms with E-state index in [0.717, 1.165) is 12.4 Å². The summed E-state index contributed by atoms with van der Waals surface area (Å²) in [5.74, 6) is -3.29. The van der Waals surface area contributed by atoms with Crippen LogP contribution in [-0.2, 0) is 19.9 Å². The van der Waals surface area contributed by atoms with Crippen molar-refractivity contribution in [2.75, 3.05) is 4.90 Å². The van der Waals surface area contributed by atoms with Crippen molar-refractivity contribution in [2.45, 2.75) is 56.4 Å². The van der Waals surface area contributed by atoms with E-state index in [1.165, 1.54) is 31.5 Å². The molecule has 1 aliphatic carbocycles. The lowest BCUT2D eigenvalue weighted by Gasteiger charge is -2.43. The van der Waals surface area contributed by atoms with E-state index in [9.17, 15) is 31.5 Å². The number of aryl methyl sites for hydroxylation is 1. The first-order valence-electron chi connectivity index (χ1n) is 10.0. The van der Waals surface area contributed by atoms with E-state index < -0.39 is 53.0 Å². The second-order valence-corrected chi connectivity index (χ2v) is 8.34. The van der Waals surface area contributed by atoms with Crippen LogP contribution >= 0.6 is 11.6 Å². The molecule has 2 atom stereocenters. The zero-order valence-electron chi connectivity index (χ0n) is 17.9. The van der Waals surface area contributed by atoms with Crippen molar-refractivity contribution < 1.29 is 36.3 Å². The Labute approximate surface area is 196 Å². The van der Waals surface area contributed by atoms with Crippen LogP contribution in [0.2, 0.25) is 0 Å². The molecular weight excluding hydrogens is 487 g/mol. The molecule has 1 aliphatic rings. The number of amides is 2. The summed E-state index contributed by atoms with van der Waals surface area (Å²) >= 11 is 5.41. The van der Waals surface area contributed by atoms with Gasteiger partial charge in [0.2, 0.25) is 0 Å². The molecule has 1 aromatic carbocycles. The van der Waals surface area contributed by atoms with Gasteiger partial charge in [-0.1, -0.05) is 17.7 Å². The van der Waals surface area contributed by atoms with Crippen molar-refractivity contribution in [3.8, 4) is 0 Å². The molecule has 0 unspecified atom stereocenters. The van der Waals surface area contributed by atoms with Gasteiger partial charge in [0.25, 0.3) is 17.4 Å². The highest BCUT2D eigenvalue weighted by molar-refractivity contribution is 6.32. The Morgan fingerprint density at radius 3 is 2.38 bits per heavy atom. The summed E-state index contributed by atoms with van der Waals surface area (Å²) in [6, 6.07) is 2.99. The number of ether oxygens (including phenoxy) is 1. The monoisotopic (exact) mass is 506 g/mol. The first-order chi connectivity index (χ1) is 15.8. The first-order valence-corrected chi connectivity index (χ1v) is 10.5. The van der Waals surface area contributed by atoms with Crippen molar-refractivity contribution in [3.63, 3.8) is 0 Å². The van der Waals surface area contributed by atoms with E-state index in [0.29, 0.717) is 10.5 Å². The zero-order chi connectivity index (χ0) is 25.3. The molecule has 0 aliphatic heterocycles. The summed E-state index contributed by atoms with van der Waals surface area (Å²) in [5, 5.41) is 2.52. The third kappa shape index (κ3) is 5.44. The lowest BCUT2D eigenvalue weighted by Crippen LogP contribution is -2.62. The predicted octanol–water partition coefficient (Wildman–Crippen LogP) is 3.89. The van der Waals surface area contributed by atoms with Crippen molar-refractivity contribution in [2.24, 2.45) is 0 Å². The fourth-order valence-corrected chi connectivity index (χ4v) is 3.78. The molecule has 184 valence electrons. The maximum Gasteiger partial charge on any atom is 0.522 e. The lowest BCUT2D eigenvalue weighted by atomic mass is 9.85. The second-order valence-electron chi connectivity index (χ2n) is 7.96. The highest BCUT2D eigenvalue weighted by Gasteiger charge is 2.49. The third-order valence-electron chi connectivity index (χ3n) is 5.49. The van der Waals surface area contributed by atoms with Crippen molar-refractivity contribution in [3.05, 3.63) is 53.9 Å². The van der Waals surface area contributed by atoms with Gasteiger partial charge in [0.15, 0.2) is 5.54 Å². The van der Waals surface area contributed by atoms with Gasteiger partial charge in [-0.3, -0.25) is 19.2 Å². The van der Waals surface area contributed by atoms with Gasteiger partial charge >= 0.3 is 6.36 Å². The Balaban J connectivity index is 2.01. The van der Waals surface area contributed by atoms with Crippen LogP contribution in [0.3, 0.4) is 0 Å². The summed E-state index contributed by atoms with van der Waals surface area (Å²) in [7, 11) is 0. The summed E-state index contributed by atoms with van der Waals surface area (Å²) < 4.78 is 70.1. The number of carbonyl (C=O) groups is 2. The van der Waals surface area contributed by atoms with Crippen LogP contribution in [0.15, 0.2) is 36.9 Å². The number of rotatable bonds is 7. The second kappa shape index (κ2) is 9.79. The molecule has 3 rings (SSSR count). The largest absolute Gasteiger partial charge is 0.522 e. The van der Waals surface area contributed by atoms with E-state index >= 15 is 0 Å². The first kappa shape index (κ1) is 25.8. The molecule has 34 heavy (non-hydrogen) atoms. The Bertz CT molecular complexity index is 1050. The lowest BCUT2D eigenvalue weighted by molar-refractivity contribution is -0.351. The number of benzene rings is 1. The molecule has 1 N–H and O–H groups in total. The van der Waals surface area contributed by atoms with Crippen LogP contribution in [0.4, 0.5) is 27.6 Å². The number of alkyl halides is 5. The summed E-state index contributed by atoms with van der Waals surface area (Å²) in [6.07, 6.45) is -2.78. The Morgan fingerprint density at radius 1 is 1.24 bits per heavy atom. The minimum atomic E-state index is -4.82. The fourth-order valence-electron chi connectivity index (χ4n) is 3.68. The summed E-state index contributed by atoms with van der Waals surface area (Å²) in [4.78, 5) is 34.5. The fraction of sp³-hybridized carbons (Fsp3) is 0.429. The molecule has 0 radical (unpaired) electrons. The van der Waals surface area contributed by atoms with Crippen LogP contribution in [0.25, 0.3) is 0 Å². The Kier molecular flexibility index (Phi) is 7.41. The average molecular weight is 507 g/mol. The third-order valence-corrected chi connectivity index (χ3v) is 5.68. The molecule has 7 nitrogen and oxygen atoms in total. The molecule has 1 fully saturated rings. The van der Waals surface area contributed by atoms with Gasteiger partial charge in [-0.2, -0.15) is 0 Å². The Morgan fingerprint density at radius 2 is 1.85 bits per heavy atom. The van der Waals surface area contributed by atoms with Gasteiger partial charge in [-0.25, -0.2) is 18.7 Å². The molecule has 0 bridgehead atoms. The standard InChI is InChI=1S/C21H20ClF5N4O3/c1-11-3-4-16(15(23)5-11)31(18(32)17(22)24)20(2,12-8-28-10-29-9-12)19(33)30-13-6-14(7-13)34-21(25,26)27/h3-5,8-10,13-14,17H,6-7H2,1-2H3,(H,30,33)/t13?,14?,17-,20+/m0/s1. The van der Waals surface area contributed by atoms with Crippen LogP contribution in [0.1, 0.15) is 30.9 Å². The number of carbonyl (C=O) groups excluding carboxylic acids is 2. The van der Waals surface area contributed by atoms with E-state index in [-0.39, 0.29) is 18.4 Å². The molecule has 2 aromatic rings. The minimum absolute atomic E-state index is 0.0134. The van der Waals surface area contributed by atoms with Crippen molar-refractivity contribution >= 4 is 29.1 Å². The maximum absolute atomic E-state index is 14.9. The van der Waals surface area contributed by atoms with Crippen LogP contribution in [0.5, 0.6) is 0 Å². The van der Waals surface area contributed by atoms with E-state index in [4.69, 9.17) is 11.6 Å². The van der Waals surface area contributed by atoms with E-state index in [2.05, 4.69) is 20.0 Å². The number of aromatic nitrogens is 2. The number of nitrogens with one attached hydrogen (secondary N) is 1. The van der Waals surface area contributed by atoms with Gasteiger partial charge in [-0.15, -0.1) is 13.2 Å². The summed E-state index contributed by atoms with van der Waals surface area (Å²) in [6.45, 7) is 2.80. The predicted molar refractivity (Wildman–Crippen MR) is 111 cm³/mol. The van der Waals surface area contributed by atoms with E-state index in [1.807, 2.05) is 0 Å². The molecule has 1 saturated carbocycles. The van der Waals surface area contributed by atoms with Gasteiger partial charge in [0, 0.05) is 24.0 Å². The average Bonchev–Trinajstić information content (AvgIpc) is 2.73. The number of nitrogens with zero attached hydrogens (tertiary/aromatic N) is 3. The molecule has 0 spiro atoms. The maximum atomic E-state index is 14.9. The highest BCUT2D eigenvalue weighted by Crippen LogP contribution is 2.37. The molecule has 0 saturated heterocycles. The van der Waals surface area contributed by atoms with Gasteiger partial charge in [0.05, 0.1) is 11.8 Å². The van der Waals surface area contributed by atoms with Gasteiger partial charge in [-0.05, 0) is 44.4 Å². The van der Waals surface area contributed by atoms with Crippen molar-refractivity contribution in [1.82, 2.24) is 15.3 Å². The van der Waals surface area contributed by atoms with Crippen LogP contribution in [-0.4, -0.2) is 45.9 Å². The number of hydrogen-bond donors (Lipinski definition) is 1.